The monoisotopic (exact) mass is 834 g/mol. The first-order valence-corrected chi connectivity index (χ1v) is 27.8. The van der Waals surface area contributed by atoms with Gasteiger partial charge in [0.05, 0.1) is 5.75 Å². The molecule has 0 aromatic rings. The molecule has 0 radical (unpaired) electrons. The number of hydrogen-bond acceptors (Lipinski definition) is 3. The molecule has 344 valence electrons. The van der Waals surface area contributed by atoms with E-state index in [-0.39, 0.29) is 12.3 Å². The molecule has 58 heavy (non-hydrogen) atoms. The number of nitrogens with zero attached hydrogens (tertiary/aromatic N) is 1. The zero-order chi connectivity index (χ0) is 42.4. The van der Waals surface area contributed by atoms with E-state index in [0.29, 0.717) is 4.48 Å². The van der Waals surface area contributed by atoms with Crippen molar-refractivity contribution in [3.63, 3.8) is 0 Å². The number of allylic oxidation sites excluding steroid dienone is 3. The summed E-state index contributed by atoms with van der Waals surface area (Å²) in [7, 11) is -4.30. The molecule has 0 heterocycles. The van der Waals surface area contributed by atoms with Crippen molar-refractivity contribution in [1.29, 1.82) is 0 Å². The van der Waals surface area contributed by atoms with E-state index < -0.39 is 10.1 Å². The molecule has 0 atom stereocenters. The Bertz CT molecular complexity index is 905. The molecule has 0 saturated heterocycles. The third kappa shape index (κ3) is 44.6. The lowest BCUT2D eigenvalue weighted by Gasteiger charge is -2.27. The number of hydrogen-bond donors (Lipinski definition) is 0. The Morgan fingerprint density at radius 3 is 0.707 bits per heavy atom. The molecular formula is C53H103NO3S. The minimum absolute atomic E-state index is 0.269. The summed E-state index contributed by atoms with van der Waals surface area (Å²) in [6.45, 7) is 7.13. The first kappa shape index (κ1) is 57.1. The van der Waals surface area contributed by atoms with Crippen molar-refractivity contribution < 1.29 is 17.5 Å². The summed E-state index contributed by atoms with van der Waals surface area (Å²) in [4.78, 5) is 0. The SMILES string of the molecule is CCCCCCCCCCCCCCC/C=C/[N+](/C=C/CCCCCCCCCCCCCCC)(/C=C/CCCCCCCCCCCCCCC)CCS(=O)(=O)[O-]. The number of unbranched alkanes of at least 4 members (excludes halogenated alkanes) is 39. The molecule has 0 aromatic carbocycles. The first-order chi connectivity index (χ1) is 28.4. The van der Waals surface area contributed by atoms with Crippen molar-refractivity contribution >= 4 is 10.1 Å². The Labute approximate surface area is 365 Å². The molecule has 4 nitrogen and oxygen atoms in total. The van der Waals surface area contributed by atoms with Crippen LogP contribution in [0.25, 0.3) is 0 Å². The van der Waals surface area contributed by atoms with Gasteiger partial charge >= 0.3 is 0 Å². The molecule has 5 heteroatoms. The summed E-state index contributed by atoms with van der Waals surface area (Å²) in [6, 6.07) is 0. The van der Waals surface area contributed by atoms with Crippen LogP contribution in [0.1, 0.15) is 290 Å². The van der Waals surface area contributed by atoms with Crippen LogP contribution in [0.5, 0.6) is 0 Å². The maximum atomic E-state index is 11.9. The Kier molecular flexibility index (Phi) is 44.9. The fraction of sp³-hybridized carbons (Fsp3) is 0.887. The Balaban J connectivity index is 4.88. The molecule has 0 bridgehead atoms. The van der Waals surface area contributed by atoms with Crippen LogP contribution in [0, 0.1) is 0 Å². The second kappa shape index (κ2) is 45.6. The highest BCUT2D eigenvalue weighted by Gasteiger charge is 2.20. The molecular weight excluding hydrogens is 731 g/mol. The Morgan fingerprint density at radius 1 is 0.328 bits per heavy atom. The third-order valence-electron chi connectivity index (χ3n) is 12.3. The normalized spacial score (nSPS) is 12.7. The van der Waals surface area contributed by atoms with Gasteiger partial charge in [-0.1, -0.05) is 252 Å². The smallest absolute Gasteiger partial charge is 0.104 e. The van der Waals surface area contributed by atoms with Gasteiger partial charge in [-0.25, -0.2) is 12.9 Å². The third-order valence-corrected chi connectivity index (χ3v) is 13.0. The molecule has 0 saturated carbocycles. The van der Waals surface area contributed by atoms with Gasteiger partial charge in [0.25, 0.3) is 0 Å². The quantitative estimate of drug-likeness (QED) is 0.0349. The summed E-state index contributed by atoms with van der Waals surface area (Å²) < 4.78 is 36.0. The van der Waals surface area contributed by atoms with E-state index in [2.05, 4.69) is 57.6 Å². The van der Waals surface area contributed by atoms with E-state index in [1.165, 1.54) is 250 Å². The van der Waals surface area contributed by atoms with Crippen LogP contribution in [-0.4, -0.2) is 29.8 Å². The maximum absolute atomic E-state index is 11.9. The average Bonchev–Trinajstić information content (AvgIpc) is 3.21. The minimum Gasteiger partial charge on any atom is -0.748 e. The molecule has 0 rings (SSSR count). The van der Waals surface area contributed by atoms with E-state index in [0.717, 1.165) is 19.3 Å². The molecule has 0 aliphatic carbocycles. The standard InChI is InChI=1S/C53H103NO3S/c1-4-7-10-13-16-19-22-25-28-31-34-37-40-43-46-49-54(52-53-58(55,56)57,50-47-44-41-38-35-32-29-26-23-20-17-14-11-8-5-2)51-48-45-42-39-36-33-30-27-24-21-18-15-12-9-6-3/h46-51H,4-45,52-53H2,1-3H3/b49-46+,50-47+,51-48+. The predicted octanol–water partition coefficient (Wildman–Crippen LogP) is 18.3. The van der Waals surface area contributed by atoms with Gasteiger partial charge in [0.2, 0.25) is 0 Å². The molecule has 0 aliphatic heterocycles. The van der Waals surface area contributed by atoms with Gasteiger partial charge in [0, 0.05) is 0 Å². The van der Waals surface area contributed by atoms with Crippen molar-refractivity contribution in [2.24, 2.45) is 0 Å². The lowest BCUT2D eigenvalue weighted by molar-refractivity contribution is -0.770. The topological polar surface area (TPSA) is 57.2 Å². The number of quaternary nitrogens is 1. The lowest BCUT2D eigenvalue weighted by atomic mass is 10.0. The van der Waals surface area contributed by atoms with Crippen LogP contribution < -0.4 is 0 Å². The van der Waals surface area contributed by atoms with Crippen molar-refractivity contribution in [2.75, 3.05) is 12.3 Å². The van der Waals surface area contributed by atoms with Crippen LogP contribution in [-0.2, 0) is 10.1 Å². The van der Waals surface area contributed by atoms with Crippen molar-refractivity contribution in [3.05, 3.63) is 36.8 Å². The van der Waals surface area contributed by atoms with Crippen molar-refractivity contribution in [3.8, 4) is 0 Å². The molecule has 0 N–H and O–H groups in total. The summed E-state index contributed by atoms with van der Waals surface area (Å²) in [6.07, 6.45) is 69.0. The van der Waals surface area contributed by atoms with Crippen LogP contribution in [0.2, 0.25) is 0 Å². The summed E-state index contributed by atoms with van der Waals surface area (Å²) >= 11 is 0. The highest BCUT2D eigenvalue weighted by molar-refractivity contribution is 7.85. The van der Waals surface area contributed by atoms with E-state index in [1.807, 2.05) is 0 Å². The fourth-order valence-electron chi connectivity index (χ4n) is 8.29. The van der Waals surface area contributed by atoms with Gasteiger partial charge in [-0.05, 0) is 56.8 Å². The van der Waals surface area contributed by atoms with Gasteiger partial charge < -0.3 is 4.55 Å². The summed E-state index contributed by atoms with van der Waals surface area (Å²) in [5, 5.41) is 0. The van der Waals surface area contributed by atoms with Crippen LogP contribution in [0.15, 0.2) is 36.8 Å². The minimum atomic E-state index is -4.30. The van der Waals surface area contributed by atoms with Gasteiger partial charge in [-0.15, -0.1) is 0 Å². The lowest BCUT2D eigenvalue weighted by Crippen LogP contribution is -2.35. The second-order valence-electron chi connectivity index (χ2n) is 18.2. The van der Waals surface area contributed by atoms with E-state index >= 15 is 0 Å². The van der Waals surface area contributed by atoms with Crippen LogP contribution in [0.3, 0.4) is 0 Å². The van der Waals surface area contributed by atoms with Crippen molar-refractivity contribution in [2.45, 2.75) is 290 Å². The van der Waals surface area contributed by atoms with Gasteiger partial charge in [-0.2, -0.15) is 0 Å². The summed E-state index contributed by atoms with van der Waals surface area (Å²) in [5.74, 6) is -0.345. The predicted molar refractivity (Wildman–Crippen MR) is 258 cm³/mol. The summed E-state index contributed by atoms with van der Waals surface area (Å²) in [5.41, 5.74) is 0. The van der Waals surface area contributed by atoms with E-state index in [9.17, 15) is 13.0 Å². The van der Waals surface area contributed by atoms with E-state index in [4.69, 9.17) is 0 Å². The van der Waals surface area contributed by atoms with Crippen LogP contribution >= 0.6 is 0 Å². The Hall–Kier alpha value is -0.910. The average molecular weight is 834 g/mol. The zero-order valence-electron chi connectivity index (χ0n) is 39.7. The first-order valence-electron chi connectivity index (χ1n) is 26.2. The molecule has 0 aliphatic rings. The molecule has 0 fully saturated rings. The highest BCUT2D eigenvalue weighted by Crippen LogP contribution is 2.20. The largest absolute Gasteiger partial charge is 0.748 e. The van der Waals surface area contributed by atoms with Crippen LogP contribution in [0.4, 0.5) is 0 Å². The van der Waals surface area contributed by atoms with Gasteiger partial charge in [0.15, 0.2) is 0 Å². The van der Waals surface area contributed by atoms with E-state index in [1.54, 1.807) is 0 Å². The molecule has 0 unspecified atom stereocenters. The van der Waals surface area contributed by atoms with Crippen molar-refractivity contribution in [1.82, 2.24) is 0 Å². The molecule has 0 aromatic heterocycles. The highest BCUT2D eigenvalue weighted by atomic mass is 32.2. The van der Waals surface area contributed by atoms with Gasteiger partial charge in [-0.3, -0.25) is 0 Å². The van der Waals surface area contributed by atoms with Gasteiger partial charge in [0.1, 0.15) is 35.3 Å². The number of rotatable bonds is 48. The molecule has 0 spiro atoms. The fourth-order valence-corrected chi connectivity index (χ4v) is 8.83. The zero-order valence-corrected chi connectivity index (χ0v) is 40.5. The molecule has 0 amide bonds. The Morgan fingerprint density at radius 2 is 0.517 bits per heavy atom. The maximum Gasteiger partial charge on any atom is 0.104 e. The second-order valence-corrected chi connectivity index (χ2v) is 19.8.